The second-order valence-electron chi connectivity index (χ2n) is 2.42. The van der Waals surface area contributed by atoms with Crippen LogP contribution in [0.15, 0.2) is 0 Å². The molecule has 0 radical (unpaired) electrons. The summed E-state index contributed by atoms with van der Waals surface area (Å²) in [6.07, 6.45) is -10.9. The Morgan fingerprint density at radius 1 is 0.846 bits per heavy atom. The van der Waals surface area contributed by atoms with E-state index in [-0.39, 0.29) is 0 Å². The third kappa shape index (κ3) is 2.44. The van der Waals surface area contributed by atoms with Crippen LogP contribution in [0.25, 0.3) is 0 Å². The topological polar surface area (TPSA) is 0 Å². The Morgan fingerprint density at radius 2 is 1.15 bits per heavy atom. The summed E-state index contributed by atoms with van der Waals surface area (Å²) in [5.41, 5.74) is 0. The zero-order valence-corrected chi connectivity index (χ0v) is 6.10. The van der Waals surface area contributed by atoms with Gasteiger partial charge in [-0.2, -0.15) is 22.0 Å². The van der Waals surface area contributed by atoms with Crippen LogP contribution >= 0.6 is 0 Å². The highest BCUT2D eigenvalue weighted by Gasteiger charge is 2.67. The van der Waals surface area contributed by atoms with Gasteiger partial charge in [-0.15, -0.1) is 0 Å². The Morgan fingerprint density at radius 3 is 1.23 bits per heavy atom. The Kier molecular flexibility index (Phi) is 2.86. The zero-order valence-electron chi connectivity index (χ0n) is 6.10. The highest BCUT2D eigenvalue weighted by atomic mass is 19.4. The summed E-state index contributed by atoms with van der Waals surface area (Å²) in [7, 11) is 0. The van der Waals surface area contributed by atoms with Gasteiger partial charge in [0.1, 0.15) is 0 Å². The van der Waals surface area contributed by atoms with Crippen LogP contribution in [-0.2, 0) is 0 Å². The fourth-order valence-electron chi connectivity index (χ4n) is 0.428. The van der Waals surface area contributed by atoms with E-state index in [9.17, 15) is 35.1 Å². The summed E-state index contributed by atoms with van der Waals surface area (Å²) in [6, 6.07) is 0. The van der Waals surface area contributed by atoms with Crippen molar-refractivity contribution in [1.29, 1.82) is 0 Å². The molecule has 1 unspecified atom stereocenters. The van der Waals surface area contributed by atoms with Crippen molar-refractivity contribution in [3.63, 3.8) is 0 Å². The average molecular weight is 216 g/mol. The van der Waals surface area contributed by atoms with E-state index in [1.807, 2.05) is 0 Å². The number of hydrogen-bond donors (Lipinski definition) is 0. The Labute approximate surface area is 67.5 Å². The molecule has 0 aromatic rings. The summed E-state index contributed by atoms with van der Waals surface area (Å²) < 4.78 is 93.2. The maximum Gasteiger partial charge on any atom is 0.425 e. The van der Waals surface area contributed by atoms with Crippen LogP contribution in [0.5, 0.6) is 0 Å². The molecule has 0 aromatic heterocycles. The van der Waals surface area contributed by atoms with E-state index in [4.69, 9.17) is 0 Å². The standard InChI is InChI=1S/C5H4F8/c1-3(7,8)4(9,10)2(6)5(11,12)13/h2H,1H3. The van der Waals surface area contributed by atoms with Crippen LogP contribution in [0.2, 0.25) is 0 Å². The number of rotatable bonds is 2. The first-order valence-corrected chi connectivity index (χ1v) is 2.87. The van der Waals surface area contributed by atoms with Gasteiger partial charge in [-0.1, -0.05) is 0 Å². The first-order chi connectivity index (χ1) is 5.40. The van der Waals surface area contributed by atoms with Gasteiger partial charge in [0.05, 0.1) is 0 Å². The summed E-state index contributed by atoms with van der Waals surface area (Å²) in [4.78, 5) is 0. The lowest BCUT2D eigenvalue weighted by atomic mass is 10.1. The maximum atomic E-state index is 12.0. The third-order valence-electron chi connectivity index (χ3n) is 1.19. The van der Waals surface area contributed by atoms with E-state index >= 15 is 0 Å². The van der Waals surface area contributed by atoms with Crippen LogP contribution in [0, 0.1) is 0 Å². The van der Waals surface area contributed by atoms with Crippen LogP contribution < -0.4 is 0 Å². The van der Waals surface area contributed by atoms with Gasteiger partial charge in [0.15, 0.2) is 0 Å². The fourth-order valence-corrected chi connectivity index (χ4v) is 0.428. The molecular weight excluding hydrogens is 212 g/mol. The van der Waals surface area contributed by atoms with Crippen LogP contribution in [0.3, 0.4) is 0 Å². The number of alkyl halides is 8. The Balaban J connectivity index is 4.86. The summed E-state index contributed by atoms with van der Waals surface area (Å²) >= 11 is 0. The second kappa shape index (κ2) is 2.98. The zero-order chi connectivity index (χ0) is 11.1. The number of hydrogen-bond acceptors (Lipinski definition) is 0. The molecule has 0 aliphatic carbocycles. The van der Waals surface area contributed by atoms with E-state index < -0.39 is 31.1 Å². The fraction of sp³-hybridized carbons (Fsp3) is 1.00. The van der Waals surface area contributed by atoms with Crippen molar-refractivity contribution in [3.8, 4) is 0 Å². The summed E-state index contributed by atoms with van der Waals surface area (Å²) in [6.45, 7) is -0.481. The van der Waals surface area contributed by atoms with Gasteiger partial charge in [0, 0.05) is 6.92 Å². The predicted octanol–water partition coefficient (Wildman–Crippen LogP) is 3.18. The molecule has 80 valence electrons. The molecule has 0 saturated carbocycles. The van der Waals surface area contributed by atoms with Gasteiger partial charge in [-0.05, 0) is 0 Å². The van der Waals surface area contributed by atoms with Gasteiger partial charge < -0.3 is 0 Å². The quantitative estimate of drug-likeness (QED) is 0.622. The molecule has 8 heteroatoms. The minimum absolute atomic E-state index is 0.481. The molecule has 0 rings (SSSR count). The lowest BCUT2D eigenvalue weighted by molar-refractivity contribution is -0.301. The summed E-state index contributed by atoms with van der Waals surface area (Å²) in [5, 5.41) is 0. The predicted molar refractivity (Wildman–Crippen MR) is 26.5 cm³/mol. The molecule has 0 saturated heterocycles. The minimum Gasteiger partial charge on any atom is -0.230 e. The van der Waals surface area contributed by atoms with E-state index in [1.165, 1.54) is 0 Å². The van der Waals surface area contributed by atoms with Crippen molar-refractivity contribution in [2.75, 3.05) is 0 Å². The third-order valence-corrected chi connectivity index (χ3v) is 1.19. The highest BCUT2D eigenvalue weighted by molar-refractivity contribution is 4.91. The van der Waals surface area contributed by atoms with Crippen molar-refractivity contribution < 1.29 is 35.1 Å². The molecule has 1 atom stereocenters. The molecule has 0 aliphatic heterocycles. The Hall–Kier alpha value is -0.560. The molecule has 0 bridgehead atoms. The molecule has 0 nitrogen and oxygen atoms in total. The smallest absolute Gasteiger partial charge is 0.230 e. The van der Waals surface area contributed by atoms with Gasteiger partial charge >= 0.3 is 18.0 Å². The molecule has 0 aliphatic rings. The molecule has 0 N–H and O–H groups in total. The van der Waals surface area contributed by atoms with Crippen molar-refractivity contribution in [2.45, 2.75) is 31.1 Å². The van der Waals surface area contributed by atoms with Gasteiger partial charge in [-0.25, -0.2) is 13.2 Å². The van der Waals surface area contributed by atoms with Crippen molar-refractivity contribution in [1.82, 2.24) is 0 Å². The van der Waals surface area contributed by atoms with Gasteiger partial charge in [0.2, 0.25) is 0 Å². The van der Waals surface area contributed by atoms with Crippen LogP contribution in [0.4, 0.5) is 35.1 Å². The summed E-state index contributed by atoms with van der Waals surface area (Å²) in [5.74, 6) is -10.8. The molecular formula is C5H4F8. The first-order valence-electron chi connectivity index (χ1n) is 2.87. The second-order valence-corrected chi connectivity index (χ2v) is 2.42. The molecule has 0 amide bonds. The van der Waals surface area contributed by atoms with Crippen LogP contribution in [0.1, 0.15) is 6.92 Å². The first kappa shape index (κ1) is 12.4. The van der Waals surface area contributed by atoms with E-state index in [2.05, 4.69) is 0 Å². The van der Waals surface area contributed by atoms with Crippen molar-refractivity contribution in [3.05, 3.63) is 0 Å². The Bertz CT molecular complexity index is 174. The largest absolute Gasteiger partial charge is 0.425 e. The lowest BCUT2D eigenvalue weighted by Gasteiger charge is -2.27. The highest BCUT2D eigenvalue weighted by Crippen LogP contribution is 2.43. The normalized spacial score (nSPS) is 17.3. The van der Waals surface area contributed by atoms with Gasteiger partial charge in [-0.3, -0.25) is 0 Å². The van der Waals surface area contributed by atoms with E-state index in [0.717, 1.165) is 0 Å². The minimum atomic E-state index is -6.00. The van der Waals surface area contributed by atoms with Crippen molar-refractivity contribution >= 4 is 0 Å². The molecule has 13 heavy (non-hydrogen) atoms. The number of halogens is 8. The van der Waals surface area contributed by atoms with E-state index in [1.54, 1.807) is 0 Å². The van der Waals surface area contributed by atoms with E-state index in [0.29, 0.717) is 0 Å². The van der Waals surface area contributed by atoms with Crippen molar-refractivity contribution in [2.24, 2.45) is 0 Å². The van der Waals surface area contributed by atoms with Crippen LogP contribution in [-0.4, -0.2) is 24.2 Å². The molecule has 0 aromatic carbocycles. The average Bonchev–Trinajstić information content (AvgIpc) is 1.81. The molecule has 0 fully saturated rings. The monoisotopic (exact) mass is 216 g/mol. The molecule has 0 heterocycles. The lowest BCUT2D eigenvalue weighted by Crippen LogP contribution is -2.52. The SMILES string of the molecule is CC(F)(F)C(F)(F)C(F)C(F)(F)F. The maximum absolute atomic E-state index is 12.0. The van der Waals surface area contributed by atoms with Gasteiger partial charge in [0.25, 0.3) is 6.17 Å². The molecule has 0 spiro atoms.